The second-order valence-electron chi connectivity index (χ2n) is 8.14. The summed E-state index contributed by atoms with van der Waals surface area (Å²) < 4.78 is 23.1. The van der Waals surface area contributed by atoms with E-state index in [1.807, 2.05) is 13.8 Å². The molecule has 0 spiro atoms. The number of hydrogen-bond donors (Lipinski definition) is 2. The fourth-order valence-corrected chi connectivity index (χ4v) is 4.07. The topological polar surface area (TPSA) is 101 Å². The molecule has 1 heterocycles. The average molecular weight is 368 g/mol. The number of aliphatic hydroxyl groups excluding tert-OH is 1. The molecule has 0 aliphatic carbocycles. The SMILES string of the molecule is CC(C)CC1C(O)CC(C)(C)CN1C(=O)c1cccc(S(N)(=O)=O)c1. The second-order valence-corrected chi connectivity index (χ2v) is 9.70. The molecule has 1 saturated heterocycles. The predicted molar refractivity (Wildman–Crippen MR) is 96.5 cm³/mol. The third kappa shape index (κ3) is 4.80. The molecule has 2 unspecified atom stereocenters. The normalized spacial score (nSPS) is 23.7. The van der Waals surface area contributed by atoms with E-state index in [4.69, 9.17) is 5.14 Å². The number of sulfonamides is 1. The van der Waals surface area contributed by atoms with Gasteiger partial charge in [0.25, 0.3) is 5.91 Å². The zero-order chi connectivity index (χ0) is 19.0. The van der Waals surface area contributed by atoms with Crippen molar-refractivity contribution >= 4 is 15.9 Å². The summed E-state index contributed by atoms with van der Waals surface area (Å²) >= 11 is 0. The molecule has 1 aromatic rings. The highest BCUT2D eigenvalue weighted by Gasteiger charge is 2.41. The molecule has 2 atom stereocenters. The molecule has 1 aliphatic heterocycles. The Morgan fingerprint density at radius 2 is 2.04 bits per heavy atom. The Balaban J connectivity index is 2.39. The van der Waals surface area contributed by atoms with Crippen LogP contribution in [-0.2, 0) is 10.0 Å². The van der Waals surface area contributed by atoms with Crippen LogP contribution in [0.25, 0.3) is 0 Å². The maximum absolute atomic E-state index is 13.1. The van der Waals surface area contributed by atoms with E-state index in [0.29, 0.717) is 25.3 Å². The van der Waals surface area contributed by atoms with E-state index in [1.54, 1.807) is 11.0 Å². The molecule has 1 aliphatic rings. The van der Waals surface area contributed by atoms with E-state index < -0.39 is 16.1 Å². The van der Waals surface area contributed by atoms with Gasteiger partial charge in [0.1, 0.15) is 0 Å². The molecule has 1 aromatic carbocycles. The lowest BCUT2D eigenvalue weighted by molar-refractivity contribution is -0.0375. The van der Waals surface area contributed by atoms with E-state index in [0.717, 1.165) is 0 Å². The number of amides is 1. The van der Waals surface area contributed by atoms with Crippen molar-refractivity contribution in [3.05, 3.63) is 29.8 Å². The van der Waals surface area contributed by atoms with Gasteiger partial charge in [-0.05, 0) is 42.4 Å². The van der Waals surface area contributed by atoms with Crippen molar-refractivity contribution in [3.8, 4) is 0 Å². The lowest BCUT2D eigenvalue weighted by Crippen LogP contribution is -2.56. The zero-order valence-electron chi connectivity index (χ0n) is 15.3. The van der Waals surface area contributed by atoms with Gasteiger partial charge in [-0.3, -0.25) is 4.79 Å². The van der Waals surface area contributed by atoms with Crippen LogP contribution in [0.15, 0.2) is 29.2 Å². The lowest BCUT2D eigenvalue weighted by atomic mass is 9.77. The molecule has 3 N–H and O–H groups in total. The van der Waals surface area contributed by atoms with Crippen molar-refractivity contribution in [2.24, 2.45) is 16.5 Å². The van der Waals surface area contributed by atoms with Gasteiger partial charge in [0.15, 0.2) is 0 Å². The third-order valence-corrected chi connectivity index (χ3v) is 5.50. The van der Waals surface area contributed by atoms with Crippen molar-refractivity contribution in [2.45, 2.75) is 57.6 Å². The fourth-order valence-electron chi connectivity index (χ4n) is 3.51. The van der Waals surface area contributed by atoms with Gasteiger partial charge in [0.05, 0.1) is 17.0 Å². The van der Waals surface area contributed by atoms with Gasteiger partial charge in [-0.25, -0.2) is 13.6 Å². The van der Waals surface area contributed by atoms with E-state index in [-0.39, 0.29) is 27.8 Å². The quantitative estimate of drug-likeness (QED) is 0.848. The predicted octanol–water partition coefficient (Wildman–Crippen LogP) is 1.98. The molecule has 0 aromatic heterocycles. The van der Waals surface area contributed by atoms with Gasteiger partial charge in [-0.15, -0.1) is 0 Å². The highest BCUT2D eigenvalue weighted by Crippen LogP contribution is 2.35. The number of nitrogens with two attached hydrogens (primary N) is 1. The van der Waals surface area contributed by atoms with Crippen molar-refractivity contribution in [1.29, 1.82) is 0 Å². The van der Waals surface area contributed by atoms with Crippen LogP contribution >= 0.6 is 0 Å². The van der Waals surface area contributed by atoms with Crippen LogP contribution in [0.4, 0.5) is 0 Å². The number of carbonyl (C=O) groups excluding carboxylic acids is 1. The first-order chi connectivity index (χ1) is 11.4. The molecule has 140 valence electrons. The van der Waals surface area contributed by atoms with E-state index >= 15 is 0 Å². The van der Waals surface area contributed by atoms with Crippen LogP contribution in [0.1, 0.15) is 50.9 Å². The number of nitrogens with zero attached hydrogens (tertiary/aromatic N) is 1. The van der Waals surface area contributed by atoms with E-state index in [2.05, 4.69) is 13.8 Å². The number of hydrogen-bond acceptors (Lipinski definition) is 4. The molecule has 1 fully saturated rings. The molecule has 0 bridgehead atoms. The molecule has 7 heteroatoms. The average Bonchev–Trinajstić information content (AvgIpc) is 2.47. The summed E-state index contributed by atoms with van der Waals surface area (Å²) in [6.45, 7) is 8.65. The number of likely N-dealkylation sites (tertiary alicyclic amines) is 1. The molecular weight excluding hydrogens is 340 g/mol. The van der Waals surface area contributed by atoms with E-state index in [1.165, 1.54) is 18.2 Å². The van der Waals surface area contributed by atoms with Crippen LogP contribution < -0.4 is 5.14 Å². The standard InChI is InChI=1S/C18H28N2O4S/c1-12(2)8-15-16(21)10-18(3,4)11-20(15)17(22)13-6-5-7-14(9-13)25(19,23)24/h5-7,9,12,15-16,21H,8,10-11H2,1-4H3,(H2,19,23,24). The van der Waals surface area contributed by atoms with Crippen molar-refractivity contribution in [2.75, 3.05) is 6.54 Å². The lowest BCUT2D eigenvalue weighted by Gasteiger charge is -2.47. The first-order valence-corrected chi connectivity index (χ1v) is 10.1. The summed E-state index contributed by atoms with van der Waals surface area (Å²) in [6.07, 6.45) is 0.722. The number of carbonyl (C=O) groups is 1. The van der Waals surface area contributed by atoms with E-state index in [9.17, 15) is 18.3 Å². The summed E-state index contributed by atoms with van der Waals surface area (Å²) in [4.78, 5) is 14.7. The van der Waals surface area contributed by atoms with Gasteiger partial charge in [-0.1, -0.05) is 33.8 Å². The molecule has 0 saturated carbocycles. The van der Waals surface area contributed by atoms with Gasteiger partial charge in [0, 0.05) is 12.1 Å². The van der Waals surface area contributed by atoms with Crippen molar-refractivity contribution in [1.82, 2.24) is 4.90 Å². The first kappa shape index (κ1) is 19.9. The largest absolute Gasteiger partial charge is 0.391 e. The number of piperidine rings is 1. The van der Waals surface area contributed by atoms with Crippen molar-refractivity contribution in [3.63, 3.8) is 0 Å². The maximum Gasteiger partial charge on any atom is 0.254 e. The van der Waals surface area contributed by atoms with Gasteiger partial charge in [-0.2, -0.15) is 0 Å². The summed E-state index contributed by atoms with van der Waals surface area (Å²) in [6, 6.07) is 5.48. The van der Waals surface area contributed by atoms with Crippen molar-refractivity contribution < 1.29 is 18.3 Å². The molecular formula is C18H28N2O4S. The molecule has 0 radical (unpaired) electrons. The molecule has 6 nitrogen and oxygen atoms in total. The summed E-state index contributed by atoms with van der Waals surface area (Å²) in [7, 11) is -3.88. The number of primary sulfonamides is 1. The Morgan fingerprint density at radius 1 is 1.40 bits per heavy atom. The summed E-state index contributed by atoms with van der Waals surface area (Å²) in [5, 5.41) is 15.8. The van der Waals surface area contributed by atoms with Gasteiger partial charge in [0.2, 0.25) is 10.0 Å². The maximum atomic E-state index is 13.1. The van der Waals surface area contributed by atoms with Crippen LogP contribution in [0.3, 0.4) is 0 Å². The van der Waals surface area contributed by atoms with Crippen LogP contribution in [0, 0.1) is 11.3 Å². The van der Waals surface area contributed by atoms with Gasteiger partial charge >= 0.3 is 0 Å². The minimum atomic E-state index is -3.88. The fraction of sp³-hybridized carbons (Fsp3) is 0.611. The molecule has 25 heavy (non-hydrogen) atoms. The smallest absolute Gasteiger partial charge is 0.254 e. The summed E-state index contributed by atoms with van der Waals surface area (Å²) in [5.41, 5.74) is 0.0605. The molecule has 1 amide bonds. The number of rotatable bonds is 4. The highest BCUT2D eigenvalue weighted by atomic mass is 32.2. The highest BCUT2D eigenvalue weighted by molar-refractivity contribution is 7.89. The Bertz CT molecular complexity index is 743. The first-order valence-electron chi connectivity index (χ1n) is 8.52. The second kappa shape index (κ2) is 7.05. The Morgan fingerprint density at radius 3 is 2.60 bits per heavy atom. The zero-order valence-corrected chi connectivity index (χ0v) is 16.1. The monoisotopic (exact) mass is 368 g/mol. The number of aliphatic hydroxyl groups is 1. The minimum absolute atomic E-state index is 0.0874. The van der Waals surface area contributed by atoms with Gasteiger partial charge < -0.3 is 10.0 Å². The minimum Gasteiger partial charge on any atom is -0.391 e. The summed E-state index contributed by atoms with van der Waals surface area (Å²) in [5.74, 6) is 0.0508. The third-order valence-electron chi connectivity index (χ3n) is 4.59. The Kier molecular flexibility index (Phi) is 5.61. The Hall–Kier alpha value is -1.44. The van der Waals surface area contributed by atoms with Crippen LogP contribution in [0.2, 0.25) is 0 Å². The number of benzene rings is 1. The molecule has 2 rings (SSSR count). The van der Waals surface area contributed by atoms with Crippen LogP contribution in [-0.4, -0.2) is 43.0 Å². The Labute approximate surface area is 150 Å². The van der Waals surface area contributed by atoms with Crippen LogP contribution in [0.5, 0.6) is 0 Å².